The van der Waals surface area contributed by atoms with Crippen LogP contribution >= 0.6 is 0 Å². The molecule has 1 aliphatic rings. The topological polar surface area (TPSA) is 70.9 Å². The molecule has 0 bridgehead atoms. The number of amides is 1. The number of aromatic nitrogens is 2. The van der Waals surface area contributed by atoms with E-state index in [1.54, 1.807) is 30.5 Å². The van der Waals surface area contributed by atoms with Gasteiger partial charge in [-0.3, -0.25) is 9.89 Å². The van der Waals surface area contributed by atoms with Crippen LogP contribution in [0.25, 0.3) is 11.5 Å². The van der Waals surface area contributed by atoms with Crippen LogP contribution in [0.5, 0.6) is 0 Å². The molecule has 1 atom stereocenters. The molecular formula is C15H10FN3O2. The van der Waals surface area contributed by atoms with E-state index < -0.39 is 0 Å². The van der Waals surface area contributed by atoms with E-state index in [4.69, 9.17) is 4.42 Å². The highest BCUT2D eigenvalue weighted by atomic mass is 19.1. The number of carbonyl (C=O) groups excluding carboxylic acids is 1. The lowest BCUT2D eigenvalue weighted by Gasteiger charge is -2.12. The molecule has 1 amide bonds. The normalized spacial score (nSPS) is 16.8. The van der Waals surface area contributed by atoms with Crippen molar-refractivity contribution in [3.8, 4) is 11.5 Å². The second-order valence-corrected chi connectivity index (χ2v) is 4.80. The van der Waals surface area contributed by atoms with Crippen LogP contribution < -0.4 is 5.32 Å². The van der Waals surface area contributed by atoms with Crippen LogP contribution in [0.2, 0.25) is 0 Å². The Labute approximate surface area is 118 Å². The van der Waals surface area contributed by atoms with Gasteiger partial charge in [0.1, 0.15) is 11.5 Å². The van der Waals surface area contributed by atoms with Crippen molar-refractivity contribution >= 4 is 5.91 Å². The molecule has 5 nitrogen and oxygen atoms in total. The molecule has 0 saturated heterocycles. The predicted molar refractivity (Wildman–Crippen MR) is 72.0 cm³/mol. The first-order valence-corrected chi connectivity index (χ1v) is 6.42. The molecule has 3 aromatic rings. The van der Waals surface area contributed by atoms with Gasteiger partial charge in [-0.15, -0.1) is 0 Å². The van der Waals surface area contributed by atoms with E-state index in [9.17, 15) is 9.18 Å². The molecule has 0 radical (unpaired) electrons. The molecule has 4 rings (SSSR count). The van der Waals surface area contributed by atoms with Crippen molar-refractivity contribution in [2.24, 2.45) is 0 Å². The standard InChI is InChI=1S/C15H10FN3O2/c16-9-5-3-8(4-6-9)12-11-13(10-2-1-7-21-10)18-19-14(11)15(20)17-12/h1-7,12H,(H,17,20)(H,18,19)/t12-/m1/s1. The molecular weight excluding hydrogens is 273 g/mol. The number of H-pyrrole nitrogens is 1. The lowest BCUT2D eigenvalue weighted by atomic mass is 9.99. The maximum Gasteiger partial charge on any atom is 0.272 e. The Morgan fingerprint density at radius 3 is 2.71 bits per heavy atom. The average molecular weight is 283 g/mol. The first kappa shape index (κ1) is 11.9. The predicted octanol–water partition coefficient (Wildman–Crippen LogP) is 2.64. The minimum absolute atomic E-state index is 0.256. The SMILES string of the molecule is O=C1N[C@H](c2ccc(F)cc2)c2c1n[nH]c2-c1ccco1. The number of hydrogen-bond acceptors (Lipinski definition) is 3. The van der Waals surface area contributed by atoms with Gasteiger partial charge in [0.15, 0.2) is 11.5 Å². The summed E-state index contributed by atoms with van der Waals surface area (Å²) in [7, 11) is 0. The number of aromatic amines is 1. The Morgan fingerprint density at radius 2 is 2.00 bits per heavy atom. The van der Waals surface area contributed by atoms with Gasteiger partial charge >= 0.3 is 0 Å². The van der Waals surface area contributed by atoms with Crippen LogP contribution in [0, 0.1) is 5.82 Å². The molecule has 6 heteroatoms. The zero-order chi connectivity index (χ0) is 14.4. The largest absolute Gasteiger partial charge is 0.463 e. The zero-order valence-corrected chi connectivity index (χ0v) is 10.8. The minimum Gasteiger partial charge on any atom is -0.463 e. The van der Waals surface area contributed by atoms with Gasteiger partial charge in [0.25, 0.3) is 5.91 Å². The van der Waals surface area contributed by atoms with Crippen LogP contribution in [0.3, 0.4) is 0 Å². The van der Waals surface area contributed by atoms with Crippen molar-refractivity contribution in [3.63, 3.8) is 0 Å². The first-order chi connectivity index (χ1) is 10.2. The van der Waals surface area contributed by atoms with Gasteiger partial charge in [-0.25, -0.2) is 4.39 Å². The highest BCUT2D eigenvalue weighted by Gasteiger charge is 2.36. The quantitative estimate of drug-likeness (QED) is 0.759. The summed E-state index contributed by atoms with van der Waals surface area (Å²) in [5, 5.41) is 9.75. The van der Waals surface area contributed by atoms with Gasteiger partial charge in [0, 0.05) is 5.56 Å². The number of nitrogens with zero attached hydrogens (tertiary/aromatic N) is 1. The highest BCUT2D eigenvalue weighted by molar-refractivity contribution is 5.99. The van der Waals surface area contributed by atoms with Crippen molar-refractivity contribution in [1.29, 1.82) is 0 Å². The highest BCUT2D eigenvalue weighted by Crippen LogP contribution is 2.36. The van der Waals surface area contributed by atoms with Gasteiger partial charge in [0.05, 0.1) is 12.3 Å². The van der Waals surface area contributed by atoms with Gasteiger partial charge in [-0.1, -0.05) is 12.1 Å². The fraction of sp³-hybridized carbons (Fsp3) is 0.0667. The molecule has 0 aliphatic carbocycles. The molecule has 104 valence electrons. The van der Waals surface area contributed by atoms with Gasteiger partial charge in [-0.05, 0) is 29.8 Å². The second-order valence-electron chi connectivity index (χ2n) is 4.80. The van der Waals surface area contributed by atoms with E-state index in [1.165, 1.54) is 12.1 Å². The average Bonchev–Trinajstić information content (AvgIpc) is 3.18. The Balaban J connectivity index is 1.86. The number of fused-ring (bicyclic) bond motifs is 1. The molecule has 0 unspecified atom stereocenters. The van der Waals surface area contributed by atoms with Crippen molar-refractivity contribution in [2.45, 2.75) is 6.04 Å². The summed E-state index contributed by atoms with van der Waals surface area (Å²) < 4.78 is 18.4. The number of hydrogen-bond donors (Lipinski definition) is 2. The van der Waals surface area contributed by atoms with Gasteiger partial charge < -0.3 is 9.73 Å². The lowest BCUT2D eigenvalue weighted by Crippen LogP contribution is -2.21. The molecule has 1 aliphatic heterocycles. The van der Waals surface area contributed by atoms with E-state index in [0.717, 1.165) is 11.1 Å². The van der Waals surface area contributed by atoms with Gasteiger partial charge in [0.2, 0.25) is 0 Å². The van der Waals surface area contributed by atoms with Crippen molar-refractivity contribution in [2.75, 3.05) is 0 Å². The molecule has 0 saturated carbocycles. The second kappa shape index (κ2) is 4.31. The Bertz CT molecular complexity index is 806. The third-order valence-electron chi connectivity index (χ3n) is 3.55. The monoisotopic (exact) mass is 283 g/mol. The lowest BCUT2D eigenvalue weighted by molar-refractivity contribution is 0.0955. The molecule has 2 N–H and O–H groups in total. The van der Waals surface area contributed by atoms with E-state index in [-0.39, 0.29) is 17.8 Å². The summed E-state index contributed by atoms with van der Waals surface area (Å²) in [5.41, 5.74) is 2.51. The molecule has 21 heavy (non-hydrogen) atoms. The summed E-state index contributed by atoms with van der Waals surface area (Å²) in [4.78, 5) is 12.0. The summed E-state index contributed by atoms with van der Waals surface area (Å²) >= 11 is 0. The van der Waals surface area contributed by atoms with Crippen LogP contribution in [0.15, 0.2) is 47.1 Å². The number of furan rings is 1. The smallest absolute Gasteiger partial charge is 0.272 e. The molecule has 0 fully saturated rings. The Hall–Kier alpha value is -2.89. The minimum atomic E-state index is -0.369. The van der Waals surface area contributed by atoms with Crippen molar-refractivity contribution in [3.05, 3.63) is 65.3 Å². The zero-order valence-electron chi connectivity index (χ0n) is 10.8. The number of carbonyl (C=O) groups is 1. The maximum absolute atomic E-state index is 13.1. The van der Waals surface area contributed by atoms with Crippen LogP contribution in [-0.2, 0) is 0 Å². The number of nitrogens with one attached hydrogen (secondary N) is 2. The number of benzene rings is 1. The molecule has 3 heterocycles. The Kier molecular flexibility index (Phi) is 2.44. The maximum atomic E-state index is 13.1. The summed E-state index contributed by atoms with van der Waals surface area (Å²) in [6, 6.07) is 9.21. The Morgan fingerprint density at radius 1 is 1.19 bits per heavy atom. The van der Waals surface area contributed by atoms with E-state index in [2.05, 4.69) is 15.5 Å². The van der Waals surface area contributed by atoms with E-state index in [0.29, 0.717) is 17.1 Å². The summed E-state index contributed by atoms with van der Waals surface area (Å²) in [6.45, 7) is 0. The molecule has 2 aromatic heterocycles. The first-order valence-electron chi connectivity index (χ1n) is 6.42. The van der Waals surface area contributed by atoms with Crippen LogP contribution in [0.4, 0.5) is 4.39 Å². The molecule has 1 aromatic carbocycles. The number of halogens is 1. The van der Waals surface area contributed by atoms with Crippen LogP contribution in [0.1, 0.15) is 27.7 Å². The van der Waals surface area contributed by atoms with Crippen molar-refractivity contribution < 1.29 is 13.6 Å². The van der Waals surface area contributed by atoms with Crippen molar-refractivity contribution in [1.82, 2.24) is 15.5 Å². The third-order valence-corrected chi connectivity index (χ3v) is 3.55. The summed E-state index contributed by atoms with van der Waals surface area (Å²) in [6.07, 6.45) is 1.56. The summed E-state index contributed by atoms with van der Waals surface area (Å²) in [5.74, 6) is 0.0301. The number of rotatable bonds is 2. The fourth-order valence-corrected chi connectivity index (χ4v) is 2.59. The fourth-order valence-electron chi connectivity index (χ4n) is 2.59. The van der Waals surface area contributed by atoms with Gasteiger partial charge in [-0.2, -0.15) is 5.10 Å². The van der Waals surface area contributed by atoms with E-state index >= 15 is 0 Å². The van der Waals surface area contributed by atoms with Crippen LogP contribution in [-0.4, -0.2) is 16.1 Å². The molecule has 0 spiro atoms. The third kappa shape index (κ3) is 1.76. The van der Waals surface area contributed by atoms with E-state index in [1.807, 2.05) is 0 Å².